The highest BCUT2D eigenvalue weighted by Gasteiger charge is 2.37. The van der Waals surface area contributed by atoms with Crippen LogP contribution in [0.25, 0.3) is 0 Å². The van der Waals surface area contributed by atoms with E-state index in [1.807, 2.05) is 0 Å². The first kappa shape index (κ1) is 15.0. The van der Waals surface area contributed by atoms with Crippen LogP contribution in [0.4, 0.5) is 0 Å². The van der Waals surface area contributed by atoms with E-state index in [1.54, 1.807) is 0 Å². The van der Waals surface area contributed by atoms with Crippen molar-refractivity contribution in [3.63, 3.8) is 0 Å². The summed E-state index contributed by atoms with van der Waals surface area (Å²) >= 11 is 0. The lowest BCUT2D eigenvalue weighted by molar-refractivity contribution is -0.00369. The van der Waals surface area contributed by atoms with Crippen LogP contribution in [0.5, 0.6) is 0 Å². The number of nitrogens with two attached hydrogens (primary N) is 1. The minimum Gasteiger partial charge on any atom is -0.299 e. The summed E-state index contributed by atoms with van der Waals surface area (Å²) < 4.78 is 0. The SMILES string of the molecule is CC(C)(C)c1ccc(C(NN)C2CN3CCN2CC3)cc1. The number of fused-ring (bicyclic) bond motifs is 3. The quantitative estimate of drug-likeness (QED) is 0.653. The monoisotopic (exact) mass is 288 g/mol. The summed E-state index contributed by atoms with van der Waals surface area (Å²) in [5, 5.41) is 0. The van der Waals surface area contributed by atoms with E-state index in [2.05, 4.69) is 60.3 Å². The highest BCUT2D eigenvalue weighted by molar-refractivity contribution is 5.30. The fourth-order valence-electron chi connectivity index (χ4n) is 3.59. The number of piperazine rings is 3. The predicted molar refractivity (Wildman–Crippen MR) is 87.0 cm³/mol. The third-order valence-corrected chi connectivity index (χ3v) is 5.02. The van der Waals surface area contributed by atoms with Gasteiger partial charge in [0.25, 0.3) is 0 Å². The van der Waals surface area contributed by atoms with Crippen molar-refractivity contribution in [3.8, 4) is 0 Å². The molecule has 0 aromatic heterocycles. The van der Waals surface area contributed by atoms with Gasteiger partial charge in [0.05, 0.1) is 6.04 Å². The smallest absolute Gasteiger partial charge is 0.0627 e. The van der Waals surface area contributed by atoms with E-state index < -0.39 is 0 Å². The molecule has 2 unspecified atom stereocenters. The van der Waals surface area contributed by atoms with Crippen molar-refractivity contribution < 1.29 is 0 Å². The van der Waals surface area contributed by atoms with Crippen LogP contribution in [0, 0.1) is 0 Å². The lowest BCUT2D eigenvalue weighted by Gasteiger charge is -2.50. The normalized spacial score (nSPS) is 30.4. The van der Waals surface area contributed by atoms with Crippen LogP contribution in [0.3, 0.4) is 0 Å². The molecule has 116 valence electrons. The fraction of sp³-hybridized carbons (Fsp3) is 0.647. The molecule has 2 bridgehead atoms. The maximum atomic E-state index is 5.90. The summed E-state index contributed by atoms with van der Waals surface area (Å²) in [6.07, 6.45) is 0. The molecule has 21 heavy (non-hydrogen) atoms. The third kappa shape index (κ3) is 2.99. The molecule has 0 saturated carbocycles. The summed E-state index contributed by atoms with van der Waals surface area (Å²) in [6, 6.07) is 9.67. The Morgan fingerprint density at radius 3 is 2.14 bits per heavy atom. The molecule has 1 aromatic rings. The van der Waals surface area contributed by atoms with Crippen molar-refractivity contribution in [2.24, 2.45) is 5.84 Å². The minimum absolute atomic E-state index is 0.198. The molecular formula is C17H28N4. The Morgan fingerprint density at radius 1 is 1.10 bits per heavy atom. The highest BCUT2D eigenvalue weighted by Crippen LogP contribution is 2.29. The molecule has 4 rings (SSSR count). The largest absolute Gasteiger partial charge is 0.299 e. The Balaban J connectivity index is 1.80. The molecule has 3 N–H and O–H groups in total. The zero-order valence-corrected chi connectivity index (χ0v) is 13.5. The molecule has 0 spiro atoms. The lowest BCUT2D eigenvalue weighted by Crippen LogP contribution is -2.64. The van der Waals surface area contributed by atoms with E-state index in [0.717, 1.165) is 6.54 Å². The van der Waals surface area contributed by atoms with Crippen LogP contribution in [-0.2, 0) is 5.41 Å². The van der Waals surface area contributed by atoms with Gasteiger partial charge in [0.1, 0.15) is 0 Å². The lowest BCUT2D eigenvalue weighted by atomic mass is 9.85. The summed E-state index contributed by atoms with van der Waals surface area (Å²) in [7, 11) is 0. The molecule has 0 amide bonds. The number of rotatable bonds is 3. The molecule has 4 heteroatoms. The van der Waals surface area contributed by atoms with Gasteiger partial charge < -0.3 is 0 Å². The van der Waals surface area contributed by atoms with Crippen LogP contribution in [0.15, 0.2) is 24.3 Å². The van der Waals surface area contributed by atoms with E-state index in [1.165, 1.54) is 37.3 Å². The van der Waals surface area contributed by atoms with Crippen LogP contribution in [0.1, 0.15) is 37.9 Å². The van der Waals surface area contributed by atoms with Crippen LogP contribution in [0.2, 0.25) is 0 Å². The average Bonchev–Trinajstić information content (AvgIpc) is 2.49. The molecule has 3 aliphatic heterocycles. The molecule has 2 atom stereocenters. The number of nitrogens with zero attached hydrogens (tertiary/aromatic N) is 2. The second-order valence-electron chi connectivity index (χ2n) is 7.42. The van der Waals surface area contributed by atoms with Crippen LogP contribution >= 0.6 is 0 Å². The Hall–Kier alpha value is -0.940. The van der Waals surface area contributed by atoms with Gasteiger partial charge in [-0.2, -0.15) is 0 Å². The van der Waals surface area contributed by atoms with Crippen molar-refractivity contribution in [2.45, 2.75) is 38.3 Å². The predicted octanol–water partition coefficient (Wildman–Crippen LogP) is 1.49. The Labute approximate surface area is 128 Å². The van der Waals surface area contributed by atoms with Gasteiger partial charge in [0.2, 0.25) is 0 Å². The van der Waals surface area contributed by atoms with Crippen molar-refractivity contribution in [2.75, 3.05) is 32.7 Å². The molecule has 3 fully saturated rings. The summed E-state index contributed by atoms with van der Waals surface area (Å²) in [5.41, 5.74) is 5.93. The summed E-state index contributed by atoms with van der Waals surface area (Å²) in [6.45, 7) is 12.6. The molecule has 3 saturated heterocycles. The van der Waals surface area contributed by atoms with Gasteiger partial charge in [-0.3, -0.25) is 21.1 Å². The maximum Gasteiger partial charge on any atom is 0.0627 e. The number of nitrogens with one attached hydrogen (secondary N) is 1. The molecule has 0 aliphatic carbocycles. The van der Waals surface area contributed by atoms with Gasteiger partial charge in [0, 0.05) is 38.8 Å². The molecule has 4 nitrogen and oxygen atoms in total. The van der Waals surface area contributed by atoms with Crippen molar-refractivity contribution in [1.82, 2.24) is 15.2 Å². The first-order chi connectivity index (χ1) is 9.99. The van der Waals surface area contributed by atoms with E-state index in [9.17, 15) is 0 Å². The Kier molecular flexibility index (Phi) is 4.06. The van der Waals surface area contributed by atoms with Gasteiger partial charge in [-0.25, -0.2) is 0 Å². The van der Waals surface area contributed by atoms with E-state index >= 15 is 0 Å². The highest BCUT2D eigenvalue weighted by atomic mass is 15.4. The standard InChI is InChI=1S/C17H28N4/c1-17(2,3)14-6-4-13(5-7-14)16(19-18)15-12-20-8-10-21(15)11-9-20/h4-7,15-16,19H,8-12,18H2,1-3H3. The molecule has 1 aromatic carbocycles. The first-order valence-corrected chi connectivity index (χ1v) is 8.02. The van der Waals surface area contributed by atoms with Gasteiger partial charge >= 0.3 is 0 Å². The molecule has 0 radical (unpaired) electrons. The molecular weight excluding hydrogens is 260 g/mol. The summed E-state index contributed by atoms with van der Waals surface area (Å²) in [4.78, 5) is 5.14. The number of benzene rings is 1. The summed E-state index contributed by atoms with van der Waals surface area (Å²) in [5.74, 6) is 5.90. The van der Waals surface area contributed by atoms with Gasteiger partial charge in [0.15, 0.2) is 0 Å². The van der Waals surface area contributed by atoms with Crippen LogP contribution in [-0.4, -0.2) is 48.6 Å². The van der Waals surface area contributed by atoms with E-state index in [0.29, 0.717) is 6.04 Å². The van der Waals surface area contributed by atoms with Gasteiger partial charge in [-0.05, 0) is 16.5 Å². The average molecular weight is 288 g/mol. The van der Waals surface area contributed by atoms with Gasteiger partial charge in [-0.15, -0.1) is 0 Å². The molecule has 3 heterocycles. The van der Waals surface area contributed by atoms with Crippen LogP contribution < -0.4 is 11.3 Å². The van der Waals surface area contributed by atoms with Crippen molar-refractivity contribution in [1.29, 1.82) is 0 Å². The molecule has 3 aliphatic rings. The second-order valence-corrected chi connectivity index (χ2v) is 7.42. The first-order valence-electron chi connectivity index (χ1n) is 8.02. The second kappa shape index (κ2) is 5.69. The number of hydrogen-bond acceptors (Lipinski definition) is 4. The third-order valence-electron chi connectivity index (χ3n) is 5.02. The topological polar surface area (TPSA) is 44.5 Å². The van der Waals surface area contributed by atoms with E-state index in [4.69, 9.17) is 5.84 Å². The zero-order chi connectivity index (χ0) is 15.0. The minimum atomic E-state index is 0.198. The fourth-order valence-corrected chi connectivity index (χ4v) is 3.59. The number of hydrazine groups is 1. The number of hydrogen-bond donors (Lipinski definition) is 2. The van der Waals surface area contributed by atoms with Crippen molar-refractivity contribution in [3.05, 3.63) is 35.4 Å². The van der Waals surface area contributed by atoms with E-state index in [-0.39, 0.29) is 11.5 Å². The Morgan fingerprint density at radius 2 is 1.71 bits per heavy atom. The zero-order valence-electron chi connectivity index (χ0n) is 13.5. The Bertz CT molecular complexity index is 469. The van der Waals surface area contributed by atoms with Crippen molar-refractivity contribution >= 4 is 0 Å². The maximum absolute atomic E-state index is 5.90. The van der Waals surface area contributed by atoms with Gasteiger partial charge in [-0.1, -0.05) is 45.0 Å².